The van der Waals surface area contributed by atoms with E-state index in [9.17, 15) is 9.59 Å². The molecule has 5 heteroatoms. The van der Waals surface area contributed by atoms with Gasteiger partial charge in [0, 0.05) is 25.6 Å². The topological polar surface area (TPSA) is 62.6 Å². The summed E-state index contributed by atoms with van der Waals surface area (Å²) in [5.74, 6) is 0.352. The molecule has 1 saturated heterocycles. The summed E-state index contributed by atoms with van der Waals surface area (Å²) < 4.78 is 5.11. The van der Waals surface area contributed by atoms with Crippen LogP contribution in [0.25, 0.3) is 0 Å². The first-order chi connectivity index (χ1) is 9.70. The van der Waals surface area contributed by atoms with E-state index in [-0.39, 0.29) is 17.9 Å². The van der Waals surface area contributed by atoms with Crippen molar-refractivity contribution in [3.05, 3.63) is 36.8 Å². The minimum atomic E-state index is -0.0774. The standard InChI is InChI=1S/C15H20N2O3/c1-2-3-6-14(18)16-12-7-9-17(10-8-12)15(19)13-5-4-11-20-13/h2,4-5,11-12H,1,3,6-10H2,(H,16,18). The van der Waals surface area contributed by atoms with Crippen LogP contribution in [0.1, 0.15) is 36.2 Å². The Morgan fingerprint density at radius 1 is 1.45 bits per heavy atom. The van der Waals surface area contributed by atoms with Gasteiger partial charge in [-0.3, -0.25) is 9.59 Å². The normalized spacial score (nSPS) is 15.9. The number of amides is 2. The summed E-state index contributed by atoms with van der Waals surface area (Å²) in [6.07, 6.45) is 5.99. The summed E-state index contributed by atoms with van der Waals surface area (Å²) in [5.41, 5.74) is 0. The zero-order valence-electron chi connectivity index (χ0n) is 11.5. The Kier molecular flexibility index (Phi) is 4.98. The van der Waals surface area contributed by atoms with E-state index in [1.54, 1.807) is 23.1 Å². The molecule has 2 amide bonds. The van der Waals surface area contributed by atoms with Gasteiger partial charge in [-0.05, 0) is 31.4 Å². The van der Waals surface area contributed by atoms with Crippen molar-refractivity contribution in [2.24, 2.45) is 0 Å². The molecule has 0 spiro atoms. The molecule has 108 valence electrons. The molecule has 0 saturated carbocycles. The lowest BCUT2D eigenvalue weighted by molar-refractivity contribution is -0.122. The smallest absolute Gasteiger partial charge is 0.289 e. The molecule has 1 aromatic rings. The summed E-state index contributed by atoms with van der Waals surface area (Å²) >= 11 is 0. The predicted molar refractivity (Wildman–Crippen MR) is 75.2 cm³/mol. The van der Waals surface area contributed by atoms with Crippen molar-refractivity contribution in [2.45, 2.75) is 31.7 Å². The molecule has 5 nitrogen and oxygen atoms in total. The van der Waals surface area contributed by atoms with Crippen LogP contribution in [0.3, 0.4) is 0 Å². The van der Waals surface area contributed by atoms with Crippen molar-refractivity contribution in [3.63, 3.8) is 0 Å². The van der Waals surface area contributed by atoms with E-state index in [0.717, 1.165) is 12.8 Å². The van der Waals surface area contributed by atoms with Gasteiger partial charge in [0.25, 0.3) is 5.91 Å². The van der Waals surface area contributed by atoms with E-state index >= 15 is 0 Å². The van der Waals surface area contributed by atoms with Crippen molar-refractivity contribution >= 4 is 11.8 Å². The van der Waals surface area contributed by atoms with Gasteiger partial charge in [-0.1, -0.05) is 6.08 Å². The van der Waals surface area contributed by atoms with Crippen molar-refractivity contribution in [3.8, 4) is 0 Å². The number of allylic oxidation sites excluding steroid dienone is 1. The van der Waals surface area contributed by atoms with Gasteiger partial charge in [-0.15, -0.1) is 6.58 Å². The van der Waals surface area contributed by atoms with Gasteiger partial charge in [-0.25, -0.2) is 0 Å². The van der Waals surface area contributed by atoms with E-state index in [4.69, 9.17) is 4.42 Å². The molecule has 20 heavy (non-hydrogen) atoms. The van der Waals surface area contributed by atoms with Gasteiger partial charge in [0.2, 0.25) is 5.91 Å². The highest BCUT2D eigenvalue weighted by molar-refractivity contribution is 5.91. The first kappa shape index (κ1) is 14.4. The second kappa shape index (κ2) is 6.93. The summed E-state index contributed by atoms with van der Waals surface area (Å²) in [5, 5.41) is 3.00. The zero-order chi connectivity index (χ0) is 14.4. The molecular formula is C15H20N2O3. The molecule has 0 aliphatic carbocycles. The van der Waals surface area contributed by atoms with Crippen molar-refractivity contribution < 1.29 is 14.0 Å². The number of likely N-dealkylation sites (tertiary alicyclic amines) is 1. The minimum Gasteiger partial charge on any atom is -0.459 e. The van der Waals surface area contributed by atoms with Crippen molar-refractivity contribution in [2.75, 3.05) is 13.1 Å². The number of carbonyl (C=O) groups is 2. The van der Waals surface area contributed by atoms with Gasteiger partial charge in [0.1, 0.15) is 0 Å². The number of hydrogen-bond donors (Lipinski definition) is 1. The van der Waals surface area contributed by atoms with Gasteiger partial charge in [0.05, 0.1) is 6.26 Å². The van der Waals surface area contributed by atoms with Crippen LogP contribution in [0.15, 0.2) is 35.5 Å². The van der Waals surface area contributed by atoms with Crippen LogP contribution in [0.4, 0.5) is 0 Å². The first-order valence-corrected chi connectivity index (χ1v) is 6.93. The van der Waals surface area contributed by atoms with E-state index in [1.165, 1.54) is 6.26 Å². The van der Waals surface area contributed by atoms with Crippen LogP contribution in [0, 0.1) is 0 Å². The molecule has 1 fully saturated rings. The Labute approximate surface area is 118 Å². The number of hydrogen-bond acceptors (Lipinski definition) is 3. The molecule has 1 aliphatic heterocycles. The lowest BCUT2D eigenvalue weighted by atomic mass is 10.0. The number of nitrogens with zero attached hydrogens (tertiary/aromatic N) is 1. The van der Waals surface area contributed by atoms with Crippen LogP contribution in [0.2, 0.25) is 0 Å². The summed E-state index contributed by atoms with van der Waals surface area (Å²) in [4.78, 5) is 25.5. The molecule has 2 rings (SSSR count). The number of carbonyl (C=O) groups excluding carboxylic acids is 2. The fourth-order valence-electron chi connectivity index (χ4n) is 2.32. The Morgan fingerprint density at radius 2 is 2.20 bits per heavy atom. The number of rotatable bonds is 5. The summed E-state index contributed by atoms with van der Waals surface area (Å²) in [6, 6.07) is 3.54. The first-order valence-electron chi connectivity index (χ1n) is 6.93. The van der Waals surface area contributed by atoms with E-state index < -0.39 is 0 Å². The highest BCUT2D eigenvalue weighted by atomic mass is 16.3. The molecule has 0 unspecified atom stereocenters. The van der Waals surface area contributed by atoms with Gasteiger partial charge < -0.3 is 14.6 Å². The Morgan fingerprint density at radius 3 is 2.80 bits per heavy atom. The third kappa shape index (κ3) is 3.73. The molecule has 1 aliphatic rings. The van der Waals surface area contributed by atoms with Crippen molar-refractivity contribution in [1.29, 1.82) is 0 Å². The van der Waals surface area contributed by atoms with Crippen LogP contribution < -0.4 is 5.32 Å². The molecular weight excluding hydrogens is 256 g/mol. The maximum absolute atomic E-state index is 12.1. The molecule has 1 aromatic heterocycles. The zero-order valence-corrected chi connectivity index (χ0v) is 11.5. The molecule has 0 bridgehead atoms. The lowest BCUT2D eigenvalue weighted by Gasteiger charge is -2.31. The third-order valence-electron chi connectivity index (χ3n) is 3.45. The monoisotopic (exact) mass is 276 g/mol. The second-order valence-electron chi connectivity index (χ2n) is 4.94. The number of nitrogens with one attached hydrogen (secondary N) is 1. The second-order valence-corrected chi connectivity index (χ2v) is 4.94. The van der Waals surface area contributed by atoms with Gasteiger partial charge >= 0.3 is 0 Å². The molecule has 0 atom stereocenters. The van der Waals surface area contributed by atoms with Gasteiger partial charge in [-0.2, -0.15) is 0 Å². The van der Waals surface area contributed by atoms with E-state index in [0.29, 0.717) is 31.7 Å². The maximum Gasteiger partial charge on any atom is 0.289 e. The summed E-state index contributed by atoms with van der Waals surface area (Å²) in [6.45, 7) is 4.89. The lowest BCUT2D eigenvalue weighted by Crippen LogP contribution is -2.46. The van der Waals surface area contributed by atoms with Gasteiger partial charge in [0.15, 0.2) is 5.76 Å². The van der Waals surface area contributed by atoms with Crippen LogP contribution >= 0.6 is 0 Å². The minimum absolute atomic E-state index is 0.0562. The van der Waals surface area contributed by atoms with Crippen LogP contribution in [0.5, 0.6) is 0 Å². The Bertz CT molecular complexity index is 459. The van der Waals surface area contributed by atoms with E-state index in [1.807, 2.05) is 0 Å². The molecule has 1 N–H and O–H groups in total. The molecule has 0 aromatic carbocycles. The summed E-state index contributed by atoms with van der Waals surface area (Å²) in [7, 11) is 0. The third-order valence-corrected chi connectivity index (χ3v) is 3.45. The fourth-order valence-corrected chi connectivity index (χ4v) is 2.32. The highest BCUT2D eigenvalue weighted by Crippen LogP contribution is 2.14. The largest absolute Gasteiger partial charge is 0.459 e. The SMILES string of the molecule is C=CCCC(=O)NC1CCN(C(=O)c2ccco2)CC1. The number of piperidine rings is 1. The average molecular weight is 276 g/mol. The highest BCUT2D eigenvalue weighted by Gasteiger charge is 2.25. The van der Waals surface area contributed by atoms with E-state index in [2.05, 4.69) is 11.9 Å². The fraction of sp³-hybridized carbons (Fsp3) is 0.467. The van der Waals surface area contributed by atoms with Crippen LogP contribution in [-0.2, 0) is 4.79 Å². The Balaban J connectivity index is 1.76. The average Bonchev–Trinajstić information content (AvgIpc) is 2.99. The predicted octanol–water partition coefficient (Wildman–Crippen LogP) is 1.97. The Hall–Kier alpha value is -2.04. The van der Waals surface area contributed by atoms with Crippen molar-refractivity contribution in [1.82, 2.24) is 10.2 Å². The maximum atomic E-state index is 12.1. The van der Waals surface area contributed by atoms with Crippen LogP contribution in [-0.4, -0.2) is 35.8 Å². The molecule has 0 radical (unpaired) electrons. The quantitative estimate of drug-likeness (QED) is 0.836. The molecule has 2 heterocycles. The number of furan rings is 1.